The molecule has 1 fully saturated rings. The molecule has 0 aliphatic heterocycles. The fraction of sp³-hybridized carbons (Fsp3) is 0.412. The van der Waals surface area contributed by atoms with Crippen LogP contribution in [0.4, 0.5) is 0 Å². The lowest BCUT2D eigenvalue weighted by atomic mass is 9.89. The van der Waals surface area contributed by atoms with Crippen LogP contribution < -0.4 is 10.1 Å². The van der Waals surface area contributed by atoms with Crippen molar-refractivity contribution < 1.29 is 14.6 Å². The predicted octanol–water partition coefficient (Wildman–Crippen LogP) is 2.21. The highest BCUT2D eigenvalue weighted by molar-refractivity contribution is 7.09. The molecular formula is C17H20N2O3S. The molecule has 122 valence electrons. The van der Waals surface area contributed by atoms with Crippen molar-refractivity contribution in [1.29, 1.82) is 0 Å². The molecule has 0 spiro atoms. The number of nitrogens with zero attached hydrogens (tertiary/aromatic N) is 1. The number of hydrogen-bond donors (Lipinski definition) is 2. The van der Waals surface area contributed by atoms with Gasteiger partial charge in [-0.05, 0) is 31.9 Å². The van der Waals surface area contributed by atoms with Crippen LogP contribution in [0, 0.1) is 6.92 Å². The average Bonchev–Trinajstić information content (AvgIpc) is 2.92. The lowest BCUT2D eigenvalue weighted by Gasteiger charge is -2.31. The summed E-state index contributed by atoms with van der Waals surface area (Å²) in [4.78, 5) is 16.3. The number of aromatic nitrogens is 1. The van der Waals surface area contributed by atoms with E-state index in [1.165, 1.54) is 16.9 Å². The second kappa shape index (κ2) is 7.10. The topological polar surface area (TPSA) is 71.5 Å². The second-order valence-electron chi connectivity index (χ2n) is 5.90. The van der Waals surface area contributed by atoms with Crippen LogP contribution in [-0.2, 0) is 17.8 Å². The maximum atomic E-state index is 11.9. The van der Waals surface area contributed by atoms with E-state index >= 15 is 0 Å². The number of rotatable bonds is 6. The van der Waals surface area contributed by atoms with Crippen LogP contribution in [0.1, 0.15) is 29.1 Å². The number of nitrogens with one attached hydrogen (secondary N) is 1. The molecule has 6 heteroatoms. The quantitative estimate of drug-likeness (QED) is 0.851. The third-order valence-electron chi connectivity index (χ3n) is 3.80. The van der Waals surface area contributed by atoms with E-state index in [4.69, 9.17) is 4.74 Å². The normalized spacial score (nSPS) is 19.9. The van der Waals surface area contributed by atoms with Gasteiger partial charge in [0.2, 0.25) is 5.91 Å². The van der Waals surface area contributed by atoms with Gasteiger partial charge in [-0.2, -0.15) is 0 Å². The molecule has 1 aliphatic carbocycles. The number of hydrogen-bond acceptors (Lipinski definition) is 5. The van der Waals surface area contributed by atoms with Gasteiger partial charge in [0.05, 0.1) is 18.2 Å². The van der Waals surface area contributed by atoms with Crippen molar-refractivity contribution in [2.24, 2.45) is 0 Å². The Hall–Kier alpha value is -1.92. The number of benzene rings is 1. The van der Waals surface area contributed by atoms with Gasteiger partial charge in [0.25, 0.3) is 0 Å². The van der Waals surface area contributed by atoms with Gasteiger partial charge in [0.1, 0.15) is 17.4 Å². The fourth-order valence-corrected chi connectivity index (χ4v) is 3.13. The van der Waals surface area contributed by atoms with E-state index < -0.39 is 0 Å². The Morgan fingerprint density at radius 3 is 2.83 bits per heavy atom. The molecule has 1 aromatic heterocycles. The van der Waals surface area contributed by atoms with Crippen molar-refractivity contribution in [1.82, 2.24) is 10.3 Å². The highest BCUT2D eigenvalue weighted by Gasteiger charge is 2.28. The third-order valence-corrected chi connectivity index (χ3v) is 4.67. The van der Waals surface area contributed by atoms with E-state index in [1.807, 2.05) is 36.6 Å². The number of amides is 1. The first-order valence-corrected chi connectivity index (χ1v) is 8.56. The molecule has 1 heterocycles. The summed E-state index contributed by atoms with van der Waals surface area (Å²) in [5.74, 6) is 0.770. The number of aliphatic hydroxyl groups excluding tert-OH is 1. The van der Waals surface area contributed by atoms with Gasteiger partial charge in [0.15, 0.2) is 0 Å². The molecule has 3 rings (SSSR count). The first-order chi connectivity index (χ1) is 11.1. The van der Waals surface area contributed by atoms with Gasteiger partial charge in [-0.25, -0.2) is 4.98 Å². The average molecular weight is 332 g/mol. The molecule has 5 nitrogen and oxygen atoms in total. The first-order valence-electron chi connectivity index (χ1n) is 7.68. The lowest BCUT2D eigenvalue weighted by Crippen LogP contribution is -2.47. The van der Waals surface area contributed by atoms with Crippen molar-refractivity contribution in [3.05, 3.63) is 45.9 Å². The largest absolute Gasteiger partial charge is 0.486 e. The standard InChI is InChI=1S/C17H20N2O3S/c1-11-2-4-15(5-3-11)22-9-17-19-13(10-23-17)8-16(21)18-12-6-14(20)7-12/h2-5,10,12,14,20H,6-9H2,1H3,(H,18,21). The number of aryl methyl sites for hydroxylation is 1. The van der Waals surface area contributed by atoms with Crippen LogP contribution in [0.3, 0.4) is 0 Å². The molecule has 23 heavy (non-hydrogen) atoms. The maximum absolute atomic E-state index is 11.9. The second-order valence-corrected chi connectivity index (χ2v) is 6.84. The van der Waals surface area contributed by atoms with E-state index in [9.17, 15) is 9.90 Å². The molecule has 0 atom stereocenters. The van der Waals surface area contributed by atoms with Crippen LogP contribution in [-0.4, -0.2) is 28.1 Å². The highest BCUT2D eigenvalue weighted by atomic mass is 32.1. The Balaban J connectivity index is 1.45. The molecule has 1 aliphatic rings. The number of thiazole rings is 1. The van der Waals surface area contributed by atoms with Crippen LogP contribution >= 0.6 is 11.3 Å². The van der Waals surface area contributed by atoms with Crippen LogP contribution in [0.15, 0.2) is 29.6 Å². The molecule has 1 aromatic carbocycles. The zero-order valence-corrected chi connectivity index (χ0v) is 13.8. The zero-order chi connectivity index (χ0) is 16.2. The molecule has 0 unspecified atom stereocenters. The smallest absolute Gasteiger partial charge is 0.226 e. The van der Waals surface area contributed by atoms with E-state index in [0.717, 1.165) is 16.5 Å². The SMILES string of the molecule is Cc1ccc(OCc2nc(CC(=O)NC3CC(O)C3)cs2)cc1. The Kier molecular flexibility index (Phi) is 4.93. The molecule has 0 bridgehead atoms. The first kappa shape index (κ1) is 16.0. The summed E-state index contributed by atoms with van der Waals surface area (Å²) in [6.45, 7) is 2.44. The highest BCUT2D eigenvalue weighted by Crippen LogP contribution is 2.20. The summed E-state index contributed by atoms with van der Waals surface area (Å²) in [7, 11) is 0. The summed E-state index contributed by atoms with van der Waals surface area (Å²) >= 11 is 1.50. The van der Waals surface area contributed by atoms with Crippen molar-refractivity contribution in [2.45, 2.75) is 44.9 Å². The molecular weight excluding hydrogens is 312 g/mol. The minimum absolute atomic E-state index is 0.0433. The van der Waals surface area contributed by atoms with Crippen LogP contribution in [0.5, 0.6) is 5.75 Å². The van der Waals surface area contributed by atoms with Crippen molar-refractivity contribution >= 4 is 17.2 Å². The van der Waals surface area contributed by atoms with Crippen LogP contribution in [0.2, 0.25) is 0 Å². The molecule has 1 saturated carbocycles. The fourth-order valence-electron chi connectivity index (χ4n) is 2.42. The summed E-state index contributed by atoms with van der Waals surface area (Å²) in [5.41, 5.74) is 1.95. The Bertz CT molecular complexity index is 663. The van der Waals surface area contributed by atoms with E-state index in [-0.39, 0.29) is 24.5 Å². The number of aliphatic hydroxyl groups is 1. The third kappa shape index (κ3) is 4.53. The Morgan fingerprint density at radius 2 is 2.13 bits per heavy atom. The van der Waals surface area contributed by atoms with Gasteiger partial charge in [-0.1, -0.05) is 17.7 Å². The molecule has 0 saturated heterocycles. The summed E-state index contributed by atoms with van der Waals surface area (Å²) in [5, 5.41) is 14.9. The minimum atomic E-state index is -0.259. The Labute approximate surface area is 139 Å². The van der Waals surface area contributed by atoms with Gasteiger partial charge in [0, 0.05) is 11.4 Å². The van der Waals surface area contributed by atoms with Crippen LogP contribution in [0.25, 0.3) is 0 Å². The summed E-state index contributed by atoms with van der Waals surface area (Å²) < 4.78 is 5.69. The lowest BCUT2D eigenvalue weighted by molar-refractivity contribution is -0.122. The van der Waals surface area contributed by atoms with Crippen molar-refractivity contribution in [2.75, 3.05) is 0 Å². The molecule has 2 N–H and O–H groups in total. The van der Waals surface area contributed by atoms with E-state index in [2.05, 4.69) is 10.3 Å². The number of carbonyl (C=O) groups is 1. The van der Waals surface area contributed by atoms with Gasteiger partial charge in [-0.15, -0.1) is 11.3 Å². The van der Waals surface area contributed by atoms with Gasteiger partial charge < -0.3 is 15.2 Å². The van der Waals surface area contributed by atoms with Gasteiger partial charge in [-0.3, -0.25) is 4.79 Å². The minimum Gasteiger partial charge on any atom is -0.486 e. The Morgan fingerprint density at radius 1 is 1.39 bits per heavy atom. The van der Waals surface area contributed by atoms with Crippen molar-refractivity contribution in [3.8, 4) is 5.75 Å². The zero-order valence-electron chi connectivity index (χ0n) is 13.0. The molecule has 0 radical (unpaired) electrons. The molecule has 2 aromatic rings. The monoisotopic (exact) mass is 332 g/mol. The summed E-state index contributed by atoms with van der Waals surface area (Å²) in [6.07, 6.45) is 1.31. The molecule has 1 amide bonds. The predicted molar refractivity (Wildman–Crippen MR) is 88.5 cm³/mol. The summed E-state index contributed by atoms with van der Waals surface area (Å²) in [6, 6.07) is 7.99. The van der Waals surface area contributed by atoms with E-state index in [0.29, 0.717) is 19.4 Å². The number of ether oxygens (including phenoxy) is 1. The van der Waals surface area contributed by atoms with Crippen molar-refractivity contribution in [3.63, 3.8) is 0 Å². The number of carbonyl (C=O) groups excluding carboxylic acids is 1. The maximum Gasteiger partial charge on any atom is 0.226 e. The van der Waals surface area contributed by atoms with Gasteiger partial charge >= 0.3 is 0 Å². The van der Waals surface area contributed by atoms with E-state index in [1.54, 1.807) is 0 Å².